The molecule has 0 heterocycles. The van der Waals surface area contributed by atoms with Crippen molar-refractivity contribution in [3.05, 3.63) is 33.9 Å². The highest BCUT2D eigenvalue weighted by atomic mass is 16.6. The van der Waals surface area contributed by atoms with Gasteiger partial charge in [0.05, 0.1) is 18.1 Å². The summed E-state index contributed by atoms with van der Waals surface area (Å²) in [6.45, 7) is -0.496. The fourth-order valence-electron chi connectivity index (χ4n) is 1.55. The lowest BCUT2D eigenvalue weighted by atomic mass is 10.1. The summed E-state index contributed by atoms with van der Waals surface area (Å²) in [6.07, 6.45) is 0. The average molecular weight is 270 g/mol. The summed E-state index contributed by atoms with van der Waals surface area (Å²) in [5.41, 5.74) is -0.447. The van der Waals surface area contributed by atoms with Gasteiger partial charge in [0.15, 0.2) is 5.75 Å². The van der Waals surface area contributed by atoms with Crippen LogP contribution >= 0.6 is 0 Å². The predicted octanol–water partition coefficient (Wildman–Crippen LogP) is -0.273. The molecule has 19 heavy (non-hydrogen) atoms. The Morgan fingerprint density at radius 3 is 2.26 bits per heavy atom. The van der Waals surface area contributed by atoms with Crippen LogP contribution in [0.1, 0.15) is 10.4 Å². The van der Waals surface area contributed by atoms with Crippen LogP contribution in [0.5, 0.6) is 5.75 Å². The van der Waals surface area contributed by atoms with Gasteiger partial charge in [0.1, 0.15) is 0 Å². The summed E-state index contributed by atoms with van der Waals surface area (Å²) in [5, 5.41) is 37.6. The molecule has 0 fully saturated rings. The van der Waals surface area contributed by atoms with Crippen molar-refractivity contribution in [3.8, 4) is 5.75 Å². The Hall–Kier alpha value is -2.19. The molecule has 0 aromatic heterocycles. The van der Waals surface area contributed by atoms with Gasteiger partial charge in [-0.2, -0.15) is 0 Å². The summed E-state index contributed by atoms with van der Waals surface area (Å²) >= 11 is 0. The SMILES string of the molecule is O=C(c1ccc([N+](=O)[O-])c(O)c1)N(CCO)CCO. The van der Waals surface area contributed by atoms with Crippen LogP contribution in [0.15, 0.2) is 18.2 Å². The molecule has 0 spiro atoms. The molecule has 0 bridgehead atoms. The third-order valence-electron chi connectivity index (χ3n) is 2.45. The number of phenols is 1. The molecule has 1 aromatic rings. The van der Waals surface area contributed by atoms with Crippen molar-refractivity contribution in [2.24, 2.45) is 0 Å². The number of aliphatic hydroxyl groups excluding tert-OH is 2. The number of phenolic OH excluding ortho intramolecular Hbond substituents is 1. The number of nitrogens with zero attached hydrogens (tertiary/aromatic N) is 2. The molecule has 1 aromatic carbocycles. The van der Waals surface area contributed by atoms with Crippen LogP contribution in [0.4, 0.5) is 5.69 Å². The Kier molecular flexibility index (Phi) is 5.22. The fourth-order valence-corrected chi connectivity index (χ4v) is 1.55. The van der Waals surface area contributed by atoms with E-state index in [1.54, 1.807) is 0 Å². The van der Waals surface area contributed by atoms with Crippen molar-refractivity contribution in [1.82, 2.24) is 4.90 Å². The third kappa shape index (κ3) is 3.63. The number of aliphatic hydroxyl groups is 2. The average Bonchev–Trinajstić information content (AvgIpc) is 2.37. The predicted molar refractivity (Wildman–Crippen MR) is 64.8 cm³/mol. The van der Waals surface area contributed by atoms with Gasteiger partial charge in [-0.3, -0.25) is 14.9 Å². The number of nitro groups is 1. The van der Waals surface area contributed by atoms with Crippen molar-refractivity contribution in [1.29, 1.82) is 0 Å². The van der Waals surface area contributed by atoms with E-state index in [1.165, 1.54) is 11.0 Å². The van der Waals surface area contributed by atoms with Gasteiger partial charge >= 0.3 is 5.69 Å². The molecule has 104 valence electrons. The first kappa shape index (κ1) is 14.9. The van der Waals surface area contributed by atoms with Crippen LogP contribution in [0.2, 0.25) is 0 Å². The minimum absolute atomic E-state index is 0.0249. The van der Waals surface area contributed by atoms with E-state index < -0.39 is 22.3 Å². The lowest BCUT2D eigenvalue weighted by Gasteiger charge is -2.20. The summed E-state index contributed by atoms with van der Waals surface area (Å²) in [6, 6.07) is 3.22. The molecule has 0 unspecified atom stereocenters. The molecule has 8 heteroatoms. The third-order valence-corrected chi connectivity index (χ3v) is 2.45. The number of amides is 1. The van der Waals surface area contributed by atoms with E-state index in [4.69, 9.17) is 10.2 Å². The number of carbonyl (C=O) groups excluding carboxylic acids is 1. The second kappa shape index (κ2) is 6.66. The molecule has 3 N–H and O–H groups in total. The van der Waals surface area contributed by atoms with Gasteiger partial charge in [-0.1, -0.05) is 0 Å². The summed E-state index contributed by atoms with van der Waals surface area (Å²) < 4.78 is 0. The zero-order valence-electron chi connectivity index (χ0n) is 10.0. The van der Waals surface area contributed by atoms with E-state index in [2.05, 4.69) is 0 Å². The molecular weight excluding hydrogens is 256 g/mol. The van der Waals surface area contributed by atoms with E-state index in [-0.39, 0.29) is 31.9 Å². The van der Waals surface area contributed by atoms with Crippen LogP contribution in [0.3, 0.4) is 0 Å². The maximum absolute atomic E-state index is 12.0. The van der Waals surface area contributed by atoms with Gasteiger partial charge < -0.3 is 20.2 Å². The van der Waals surface area contributed by atoms with Crippen molar-refractivity contribution in [3.63, 3.8) is 0 Å². The fraction of sp³-hybridized carbons (Fsp3) is 0.364. The van der Waals surface area contributed by atoms with Crippen molar-refractivity contribution < 1.29 is 25.0 Å². The van der Waals surface area contributed by atoms with Crippen LogP contribution in [0, 0.1) is 10.1 Å². The second-order valence-electron chi connectivity index (χ2n) is 3.70. The molecule has 0 aliphatic heterocycles. The Labute approximate surface area is 108 Å². The number of nitro benzene ring substituents is 1. The van der Waals surface area contributed by atoms with Gasteiger partial charge in [-0.05, 0) is 12.1 Å². The largest absolute Gasteiger partial charge is 0.502 e. The maximum atomic E-state index is 12.0. The van der Waals surface area contributed by atoms with Crippen molar-refractivity contribution in [2.45, 2.75) is 0 Å². The van der Waals surface area contributed by atoms with Crippen molar-refractivity contribution >= 4 is 11.6 Å². The molecule has 0 saturated carbocycles. The first-order valence-corrected chi connectivity index (χ1v) is 5.49. The van der Waals surface area contributed by atoms with E-state index in [0.29, 0.717) is 0 Å². The monoisotopic (exact) mass is 270 g/mol. The smallest absolute Gasteiger partial charge is 0.310 e. The van der Waals surface area contributed by atoms with E-state index in [0.717, 1.165) is 12.1 Å². The number of rotatable bonds is 6. The van der Waals surface area contributed by atoms with Crippen molar-refractivity contribution in [2.75, 3.05) is 26.3 Å². The molecule has 0 radical (unpaired) electrons. The topological polar surface area (TPSA) is 124 Å². The number of hydrogen-bond acceptors (Lipinski definition) is 6. The highest BCUT2D eigenvalue weighted by Gasteiger charge is 2.19. The number of hydrogen-bond donors (Lipinski definition) is 3. The summed E-state index contributed by atoms with van der Waals surface area (Å²) in [7, 11) is 0. The highest BCUT2D eigenvalue weighted by Crippen LogP contribution is 2.26. The van der Waals surface area contributed by atoms with E-state index in [9.17, 15) is 20.0 Å². The van der Waals surface area contributed by atoms with Crippen LogP contribution < -0.4 is 0 Å². The Morgan fingerprint density at radius 1 is 1.26 bits per heavy atom. The standard InChI is InChI=1S/C11H14N2O6/c14-5-3-12(4-6-15)11(17)8-1-2-9(13(18)19)10(16)7-8/h1-2,7,14-16H,3-6H2. The zero-order valence-corrected chi connectivity index (χ0v) is 10.0. The molecule has 0 atom stereocenters. The molecule has 8 nitrogen and oxygen atoms in total. The Balaban J connectivity index is 2.98. The normalized spacial score (nSPS) is 10.2. The van der Waals surface area contributed by atoms with Crippen LogP contribution in [0.25, 0.3) is 0 Å². The molecule has 1 rings (SSSR count). The Bertz CT molecular complexity index is 470. The first-order chi connectivity index (χ1) is 9.01. The molecule has 0 saturated heterocycles. The van der Waals surface area contributed by atoms with Gasteiger partial charge in [-0.25, -0.2) is 0 Å². The van der Waals surface area contributed by atoms with Crippen LogP contribution in [-0.4, -0.2) is 57.4 Å². The maximum Gasteiger partial charge on any atom is 0.310 e. The van der Waals surface area contributed by atoms with Gasteiger partial charge in [0, 0.05) is 24.7 Å². The lowest BCUT2D eigenvalue weighted by Crippen LogP contribution is -2.35. The quantitative estimate of drug-likeness (QED) is 0.482. The Morgan fingerprint density at radius 2 is 1.84 bits per heavy atom. The summed E-state index contributed by atoms with van der Waals surface area (Å²) in [5.74, 6) is -1.14. The number of benzene rings is 1. The van der Waals surface area contributed by atoms with Gasteiger partial charge in [-0.15, -0.1) is 0 Å². The minimum atomic E-state index is -0.761. The van der Waals surface area contributed by atoms with Gasteiger partial charge in [0.2, 0.25) is 0 Å². The highest BCUT2D eigenvalue weighted by molar-refractivity contribution is 5.95. The van der Waals surface area contributed by atoms with Gasteiger partial charge in [0.25, 0.3) is 5.91 Å². The molecular formula is C11H14N2O6. The molecule has 0 aliphatic carbocycles. The van der Waals surface area contributed by atoms with Crippen LogP contribution in [-0.2, 0) is 0 Å². The zero-order chi connectivity index (χ0) is 14.4. The lowest BCUT2D eigenvalue weighted by molar-refractivity contribution is -0.385. The molecule has 0 aliphatic rings. The number of carbonyl (C=O) groups is 1. The molecule has 1 amide bonds. The van der Waals surface area contributed by atoms with E-state index in [1.807, 2.05) is 0 Å². The summed E-state index contributed by atoms with van der Waals surface area (Å²) in [4.78, 5) is 22.9. The number of aromatic hydroxyl groups is 1. The second-order valence-corrected chi connectivity index (χ2v) is 3.70. The first-order valence-electron chi connectivity index (χ1n) is 5.49. The van der Waals surface area contributed by atoms with E-state index >= 15 is 0 Å². The minimum Gasteiger partial charge on any atom is -0.502 e.